The Morgan fingerprint density at radius 1 is 1.10 bits per heavy atom. The zero-order valence-corrected chi connectivity index (χ0v) is 26.2. The molecule has 0 aromatic rings. The van der Waals surface area contributed by atoms with E-state index in [1.165, 1.54) is 42.2 Å². The second-order valence-electron chi connectivity index (χ2n) is 14.6. The van der Waals surface area contributed by atoms with Crippen LogP contribution in [0.4, 0.5) is 0 Å². The van der Waals surface area contributed by atoms with Crippen molar-refractivity contribution in [2.75, 3.05) is 13.7 Å². The van der Waals surface area contributed by atoms with Crippen LogP contribution in [0.25, 0.3) is 0 Å². The Morgan fingerprint density at radius 2 is 1.82 bits per heavy atom. The first-order chi connectivity index (χ1) is 18.8. The Labute approximate surface area is 242 Å². The van der Waals surface area contributed by atoms with Gasteiger partial charge in [-0.2, -0.15) is 0 Å². The third-order valence-corrected chi connectivity index (χ3v) is 11.6. The number of rotatable bonds is 11. The molecule has 4 rings (SSSR count). The predicted molar refractivity (Wildman–Crippen MR) is 160 cm³/mol. The van der Waals surface area contributed by atoms with Crippen LogP contribution >= 0.6 is 0 Å². The van der Waals surface area contributed by atoms with Crippen LogP contribution in [0.2, 0.25) is 0 Å². The highest BCUT2D eigenvalue weighted by atomic mass is 16.5. The van der Waals surface area contributed by atoms with Gasteiger partial charge in [0.05, 0.1) is 25.7 Å². The van der Waals surface area contributed by atoms with Gasteiger partial charge in [0.15, 0.2) is 5.78 Å². The standard InChI is InChI=1S/C35H54O5/c1-22(2)23(3)10-9-11-24-12-15-27-26-14-16-29-33(4,5)30(40-21-25(36)13-17-31(38)39-8)18-19-34(29,6)32(26)28(37)20-35(24,27)7/h15,22,24,28-30,37H,3,9-14,16-21H2,1-2,4-8H3/t24?,28-,29?,30-,34?,35?/m0/s1. The number of carbonyl (C=O) groups is 2. The minimum Gasteiger partial charge on any atom is -0.469 e. The first-order valence-electron chi connectivity index (χ1n) is 15.8. The van der Waals surface area contributed by atoms with Crippen LogP contribution in [-0.2, 0) is 19.1 Å². The summed E-state index contributed by atoms with van der Waals surface area (Å²) < 4.78 is 10.9. The molecule has 0 spiro atoms. The molecule has 4 aliphatic carbocycles. The van der Waals surface area contributed by atoms with Gasteiger partial charge in [-0.25, -0.2) is 0 Å². The van der Waals surface area contributed by atoms with Crippen LogP contribution in [0.3, 0.4) is 0 Å². The molecular weight excluding hydrogens is 500 g/mol. The van der Waals surface area contributed by atoms with E-state index in [4.69, 9.17) is 4.74 Å². The average Bonchev–Trinajstić information content (AvgIpc) is 3.21. The summed E-state index contributed by atoms with van der Waals surface area (Å²) >= 11 is 0. The van der Waals surface area contributed by atoms with Crippen LogP contribution in [0.5, 0.6) is 0 Å². The smallest absolute Gasteiger partial charge is 0.305 e. The lowest BCUT2D eigenvalue weighted by atomic mass is 9.46. The number of aliphatic hydroxyl groups is 1. The van der Waals surface area contributed by atoms with Crippen LogP contribution in [0, 0.1) is 34.0 Å². The lowest BCUT2D eigenvalue weighted by molar-refractivity contribution is -0.147. The van der Waals surface area contributed by atoms with Gasteiger partial charge in [-0.05, 0) is 109 Å². The van der Waals surface area contributed by atoms with Crippen LogP contribution in [0.1, 0.15) is 112 Å². The first kappa shape index (κ1) is 31.2. The first-order valence-corrected chi connectivity index (χ1v) is 15.8. The number of ketones is 1. The van der Waals surface area contributed by atoms with Crippen molar-refractivity contribution in [1.82, 2.24) is 0 Å². The average molecular weight is 555 g/mol. The molecule has 4 aliphatic rings. The number of allylic oxidation sites excluding steroid dienone is 4. The number of hydrogen-bond acceptors (Lipinski definition) is 5. The van der Waals surface area contributed by atoms with Crippen molar-refractivity contribution < 1.29 is 24.2 Å². The van der Waals surface area contributed by atoms with Crippen molar-refractivity contribution in [3.05, 3.63) is 34.9 Å². The van der Waals surface area contributed by atoms with Crippen molar-refractivity contribution in [2.45, 2.75) is 124 Å². The monoisotopic (exact) mass is 554 g/mol. The quantitative estimate of drug-likeness (QED) is 0.211. The molecule has 0 aliphatic heterocycles. The van der Waals surface area contributed by atoms with E-state index in [0.717, 1.165) is 44.9 Å². The molecule has 0 saturated heterocycles. The molecule has 0 radical (unpaired) electrons. The minimum atomic E-state index is -0.399. The van der Waals surface area contributed by atoms with Crippen molar-refractivity contribution in [2.24, 2.45) is 34.0 Å². The molecule has 6 atom stereocenters. The van der Waals surface area contributed by atoms with E-state index in [1.54, 1.807) is 0 Å². The number of carbonyl (C=O) groups excluding carboxylic acids is 2. The fourth-order valence-corrected chi connectivity index (χ4v) is 9.09. The number of hydrogen-bond donors (Lipinski definition) is 1. The summed E-state index contributed by atoms with van der Waals surface area (Å²) in [6.45, 7) is 18.2. The van der Waals surface area contributed by atoms with E-state index in [1.807, 2.05) is 0 Å². The molecule has 0 amide bonds. The number of ether oxygens (including phenoxy) is 2. The molecule has 4 unspecified atom stereocenters. The highest BCUT2D eigenvalue weighted by molar-refractivity contribution is 5.83. The number of esters is 1. The third-order valence-electron chi connectivity index (χ3n) is 11.6. The third kappa shape index (κ3) is 5.67. The van der Waals surface area contributed by atoms with E-state index in [-0.39, 0.29) is 53.6 Å². The fraction of sp³-hybridized carbons (Fsp3) is 0.771. The maximum atomic E-state index is 12.4. The second kappa shape index (κ2) is 11.9. The summed E-state index contributed by atoms with van der Waals surface area (Å²) in [6, 6.07) is 0. The molecule has 5 nitrogen and oxygen atoms in total. The summed E-state index contributed by atoms with van der Waals surface area (Å²) in [7, 11) is 1.34. The zero-order chi connectivity index (χ0) is 29.5. The van der Waals surface area contributed by atoms with Gasteiger partial charge in [0, 0.05) is 6.42 Å². The summed E-state index contributed by atoms with van der Waals surface area (Å²) in [5.74, 6) is 1.10. The Morgan fingerprint density at radius 3 is 2.50 bits per heavy atom. The van der Waals surface area contributed by atoms with E-state index in [0.29, 0.717) is 17.8 Å². The Kier molecular flexibility index (Phi) is 9.27. The van der Waals surface area contributed by atoms with E-state index >= 15 is 0 Å². The molecule has 1 saturated carbocycles. The largest absolute Gasteiger partial charge is 0.469 e. The summed E-state index contributed by atoms with van der Waals surface area (Å²) in [4.78, 5) is 23.8. The van der Waals surface area contributed by atoms with E-state index in [9.17, 15) is 14.7 Å². The zero-order valence-electron chi connectivity index (χ0n) is 26.2. The topological polar surface area (TPSA) is 72.8 Å². The van der Waals surface area contributed by atoms with Gasteiger partial charge in [0.25, 0.3) is 0 Å². The molecule has 1 fully saturated rings. The lowest BCUT2D eigenvalue weighted by Crippen LogP contribution is -2.56. The molecule has 0 aromatic heterocycles. The molecule has 0 bridgehead atoms. The molecule has 224 valence electrons. The van der Waals surface area contributed by atoms with Gasteiger partial charge in [-0.15, -0.1) is 0 Å². The molecule has 1 N–H and O–H groups in total. The SMILES string of the molecule is C=C(CCCC1CC=C2C3=C([C@@H](O)CC21C)C1(C)CC[C@H](OCC(=O)CCC(=O)OC)C(C)(C)C1CC3)C(C)C. The molecular formula is C35H54O5. The van der Waals surface area contributed by atoms with Crippen molar-refractivity contribution in [1.29, 1.82) is 0 Å². The predicted octanol–water partition coefficient (Wildman–Crippen LogP) is 7.53. The Balaban J connectivity index is 1.47. The van der Waals surface area contributed by atoms with Crippen molar-refractivity contribution in [3.63, 3.8) is 0 Å². The van der Waals surface area contributed by atoms with E-state index in [2.05, 4.69) is 58.9 Å². The van der Waals surface area contributed by atoms with Gasteiger partial charge < -0.3 is 14.6 Å². The van der Waals surface area contributed by atoms with Crippen molar-refractivity contribution in [3.8, 4) is 0 Å². The van der Waals surface area contributed by atoms with Gasteiger partial charge in [0.1, 0.15) is 6.61 Å². The van der Waals surface area contributed by atoms with Crippen molar-refractivity contribution >= 4 is 11.8 Å². The normalized spacial score (nSPS) is 34.6. The fourth-order valence-electron chi connectivity index (χ4n) is 9.09. The van der Waals surface area contributed by atoms with Gasteiger partial charge in [-0.3, -0.25) is 9.59 Å². The number of methoxy groups -OCH3 is 1. The van der Waals surface area contributed by atoms with Gasteiger partial charge in [0.2, 0.25) is 0 Å². The lowest BCUT2D eigenvalue weighted by Gasteiger charge is -2.60. The Bertz CT molecular complexity index is 1060. The molecule has 40 heavy (non-hydrogen) atoms. The summed E-state index contributed by atoms with van der Waals surface area (Å²) in [6.07, 6.45) is 11.7. The highest BCUT2D eigenvalue weighted by Gasteiger charge is 2.59. The van der Waals surface area contributed by atoms with Crippen LogP contribution < -0.4 is 0 Å². The van der Waals surface area contributed by atoms with Gasteiger partial charge >= 0.3 is 5.97 Å². The number of aliphatic hydroxyl groups excluding tert-OH is 1. The minimum absolute atomic E-state index is 0.0172. The maximum Gasteiger partial charge on any atom is 0.305 e. The highest BCUT2D eigenvalue weighted by Crippen LogP contribution is 2.66. The maximum absolute atomic E-state index is 12.4. The number of Topliss-reactive ketones (excluding diaryl/α,β-unsaturated/α-hetero) is 1. The molecule has 5 heteroatoms. The van der Waals surface area contributed by atoms with E-state index < -0.39 is 6.10 Å². The number of fused-ring (bicyclic) bond motifs is 4. The van der Waals surface area contributed by atoms with Gasteiger partial charge in [-0.1, -0.05) is 59.8 Å². The summed E-state index contributed by atoms with van der Waals surface area (Å²) in [5.41, 5.74) is 5.52. The summed E-state index contributed by atoms with van der Waals surface area (Å²) in [5, 5.41) is 11.8. The second-order valence-corrected chi connectivity index (χ2v) is 14.6. The Hall–Kier alpha value is -1.72. The van der Waals surface area contributed by atoms with Crippen LogP contribution in [-0.4, -0.2) is 42.8 Å². The molecule has 0 aromatic carbocycles. The van der Waals surface area contributed by atoms with Crippen LogP contribution in [0.15, 0.2) is 34.9 Å². The molecule has 0 heterocycles.